The van der Waals surface area contributed by atoms with Crippen LogP contribution >= 0.6 is 12.2 Å². The van der Waals surface area contributed by atoms with Gasteiger partial charge in [-0.2, -0.15) is 0 Å². The fourth-order valence-corrected chi connectivity index (χ4v) is 3.61. The van der Waals surface area contributed by atoms with E-state index in [1.165, 1.54) is 18.4 Å². The van der Waals surface area contributed by atoms with E-state index in [2.05, 4.69) is 22.8 Å². The van der Waals surface area contributed by atoms with Crippen LogP contribution in [-0.2, 0) is 11.2 Å². The fourth-order valence-electron chi connectivity index (χ4n) is 3.38. The van der Waals surface area contributed by atoms with Gasteiger partial charge in [-0.15, -0.1) is 0 Å². The van der Waals surface area contributed by atoms with Crippen LogP contribution < -0.4 is 15.4 Å². The van der Waals surface area contributed by atoms with Crippen LogP contribution in [-0.4, -0.2) is 17.6 Å². The Labute approximate surface area is 166 Å². The van der Waals surface area contributed by atoms with Crippen LogP contribution in [0.4, 0.5) is 5.69 Å². The molecule has 0 unspecified atom stereocenters. The van der Waals surface area contributed by atoms with E-state index >= 15 is 0 Å². The number of carbonyl (C=O) groups excluding carboxylic acids is 1. The van der Waals surface area contributed by atoms with Gasteiger partial charge in [-0.05, 0) is 60.8 Å². The second-order valence-electron chi connectivity index (χ2n) is 6.97. The maximum atomic E-state index is 12.0. The minimum atomic E-state index is 0.000246. The summed E-state index contributed by atoms with van der Waals surface area (Å²) in [6.07, 6.45) is 6.22. The van der Waals surface area contributed by atoms with Gasteiger partial charge >= 0.3 is 0 Å². The van der Waals surface area contributed by atoms with Crippen molar-refractivity contribution in [1.29, 1.82) is 0 Å². The Balaban J connectivity index is 1.38. The number of nitrogens with one attached hydrogen (secondary N) is 2. The molecule has 2 N–H and O–H groups in total. The van der Waals surface area contributed by atoms with E-state index in [0.29, 0.717) is 24.1 Å². The third-order valence-electron chi connectivity index (χ3n) is 4.82. The van der Waals surface area contributed by atoms with Crippen molar-refractivity contribution in [3.63, 3.8) is 0 Å². The molecule has 1 aliphatic carbocycles. The number of hydrogen-bond acceptors (Lipinski definition) is 3. The number of hydrogen-bond donors (Lipinski definition) is 2. The second kappa shape index (κ2) is 10.1. The molecule has 5 heteroatoms. The summed E-state index contributed by atoms with van der Waals surface area (Å²) in [5, 5.41) is 6.17. The van der Waals surface area contributed by atoms with E-state index < -0.39 is 0 Å². The molecule has 0 heterocycles. The van der Waals surface area contributed by atoms with Gasteiger partial charge in [-0.3, -0.25) is 4.79 Å². The van der Waals surface area contributed by atoms with E-state index in [9.17, 15) is 4.79 Å². The van der Waals surface area contributed by atoms with Gasteiger partial charge in [-0.25, -0.2) is 0 Å². The lowest BCUT2D eigenvalue weighted by molar-refractivity contribution is -0.120. The summed E-state index contributed by atoms with van der Waals surface area (Å²) in [5.41, 5.74) is 2.09. The van der Waals surface area contributed by atoms with E-state index in [0.717, 1.165) is 30.7 Å². The van der Waals surface area contributed by atoms with Crippen LogP contribution in [0, 0.1) is 5.92 Å². The van der Waals surface area contributed by atoms with Gasteiger partial charge in [-0.1, -0.05) is 43.2 Å². The zero-order valence-electron chi connectivity index (χ0n) is 15.4. The van der Waals surface area contributed by atoms with Gasteiger partial charge in [0.1, 0.15) is 5.75 Å². The van der Waals surface area contributed by atoms with Gasteiger partial charge in [0.15, 0.2) is 5.11 Å². The molecule has 4 nitrogen and oxygen atoms in total. The zero-order chi connectivity index (χ0) is 18.9. The van der Waals surface area contributed by atoms with Crippen LogP contribution in [0.5, 0.6) is 5.75 Å². The third kappa shape index (κ3) is 6.68. The molecule has 0 radical (unpaired) electrons. The molecule has 27 heavy (non-hydrogen) atoms. The van der Waals surface area contributed by atoms with Gasteiger partial charge in [0.25, 0.3) is 0 Å². The largest absolute Gasteiger partial charge is 0.493 e. The SMILES string of the molecule is O=C(CC1CCCC1)NC(=S)Nc1ccc(OCCc2ccccc2)cc1. The molecule has 0 aliphatic heterocycles. The van der Waals surface area contributed by atoms with Crippen molar-refractivity contribution < 1.29 is 9.53 Å². The van der Waals surface area contributed by atoms with Crippen molar-refractivity contribution in [2.75, 3.05) is 11.9 Å². The monoisotopic (exact) mass is 382 g/mol. The number of rotatable bonds is 7. The van der Waals surface area contributed by atoms with E-state index in [1.807, 2.05) is 42.5 Å². The first-order chi connectivity index (χ1) is 13.2. The molecule has 2 aromatic rings. The highest BCUT2D eigenvalue weighted by Gasteiger charge is 2.18. The molecule has 1 aliphatic rings. The number of amides is 1. The molecule has 1 amide bonds. The number of benzene rings is 2. The van der Waals surface area contributed by atoms with Crippen molar-refractivity contribution >= 4 is 28.9 Å². The van der Waals surface area contributed by atoms with Crippen molar-refractivity contribution in [1.82, 2.24) is 5.32 Å². The standard InChI is InChI=1S/C22H26N2O2S/c25-21(16-18-8-4-5-9-18)24-22(27)23-19-10-12-20(13-11-19)26-15-14-17-6-2-1-3-7-17/h1-3,6-7,10-13,18H,4-5,8-9,14-16H2,(H2,23,24,25,27). The summed E-state index contributed by atoms with van der Waals surface area (Å²) in [5.74, 6) is 1.33. The molecule has 3 rings (SSSR count). The maximum Gasteiger partial charge on any atom is 0.226 e. The van der Waals surface area contributed by atoms with Crippen LogP contribution in [0.3, 0.4) is 0 Å². The summed E-state index contributed by atoms with van der Waals surface area (Å²) in [7, 11) is 0. The van der Waals surface area contributed by atoms with Gasteiger partial charge in [0, 0.05) is 18.5 Å². The fraction of sp³-hybridized carbons (Fsp3) is 0.364. The molecule has 142 valence electrons. The van der Waals surface area contributed by atoms with Crippen LogP contribution in [0.1, 0.15) is 37.7 Å². The van der Waals surface area contributed by atoms with Crippen LogP contribution in [0.15, 0.2) is 54.6 Å². The molecule has 0 bridgehead atoms. The first-order valence-corrected chi connectivity index (χ1v) is 9.97. The predicted molar refractivity (Wildman–Crippen MR) is 113 cm³/mol. The zero-order valence-corrected chi connectivity index (χ0v) is 16.3. The summed E-state index contributed by atoms with van der Waals surface area (Å²) in [6.45, 7) is 0.631. The Morgan fingerprint density at radius 2 is 1.74 bits per heavy atom. The molecule has 0 saturated heterocycles. The molecule has 0 aromatic heterocycles. The quantitative estimate of drug-likeness (QED) is 0.682. The molecule has 0 atom stereocenters. The lowest BCUT2D eigenvalue weighted by Crippen LogP contribution is -2.34. The average molecular weight is 383 g/mol. The Morgan fingerprint density at radius 3 is 2.44 bits per heavy atom. The normalized spacial score (nSPS) is 13.9. The minimum absolute atomic E-state index is 0.000246. The number of thiocarbonyl (C=S) groups is 1. The average Bonchev–Trinajstić information content (AvgIpc) is 3.17. The second-order valence-corrected chi connectivity index (χ2v) is 7.37. The molecule has 1 fully saturated rings. The molecule has 2 aromatic carbocycles. The van der Waals surface area contributed by atoms with Crippen molar-refractivity contribution in [3.8, 4) is 5.75 Å². The van der Waals surface area contributed by atoms with E-state index in [-0.39, 0.29) is 5.91 Å². The molecule has 0 spiro atoms. The van der Waals surface area contributed by atoms with Crippen LogP contribution in [0.2, 0.25) is 0 Å². The number of carbonyl (C=O) groups is 1. The molecule has 1 saturated carbocycles. The first-order valence-electron chi connectivity index (χ1n) is 9.56. The minimum Gasteiger partial charge on any atom is -0.493 e. The molecular formula is C22H26N2O2S. The summed E-state index contributed by atoms with van der Waals surface area (Å²) in [6, 6.07) is 17.9. The Hall–Kier alpha value is -2.40. The lowest BCUT2D eigenvalue weighted by Gasteiger charge is -2.12. The lowest BCUT2D eigenvalue weighted by atomic mass is 10.0. The number of ether oxygens (including phenoxy) is 1. The highest BCUT2D eigenvalue weighted by atomic mass is 32.1. The summed E-state index contributed by atoms with van der Waals surface area (Å²) >= 11 is 5.24. The third-order valence-corrected chi connectivity index (χ3v) is 5.02. The highest BCUT2D eigenvalue weighted by Crippen LogP contribution is 2.27. The van der Waals surface area contributed by atoms with Crippen LogP contribution in [0.25, 0.3) is 0 Å². The van der Waals surface area contributed by atoms with Gasteiger partial charge in [0.2, 0.25) is 5.91 Å². The number of anilines is 1. The topological polar surface area (TPSA) is 50.4 Å². The van der Waals surface area contributed by atoms with Gasteiger partial charge in [0.05, 0.1) is 6.61 Å². The molecular weight excluding hydrogens is 356 g/mol. The first kappa shape index (κ1) is 19.4. The Bertz CT molecular complexity index is 741. The van der Waals surface area contributed by atoms with Crippen molar-refractivity contribution in [2.45, 2.75) is 38.5 Å². The maximum absolute atomic E-state index is 12.0. The predicted octanol–water partition coefficient (Wildman–Crippen LogP) is 4.70. The highest BCUT2D eigenvalue weighted by molar-refractivity contribution is 7.80. The van der Waals surface area contributed by atoms with E-state index in [1.54, 1.807) is 0 Å². The smallest absolute Gasteiger partial charge is 0.226 e. The summed E-state index contributed by atoms with van der Waals surface area (Å²) in [4.78, 5) is 12.0. The van der Waals surface area contributed by atoms with E-state index in [4.69, 9.17) is 17.0 Å². The van der Waals surface area contributed by atoms with Gasteiger partial charge < -0.3 is 15.4 Å². The Morgan fingerprint density at radius 1 is 1.04 bits per heavy atom. The van der Waals surface area contributed by atoms with Crippen molar-refractivity contribution in [3.05, 3.63) is 60.2 Å². The summed E-state index contributed by atoms with van der Waals surface area (Å²) < 4.78 is 5.78. The van der Waals surface area contributed by atoms with Crippen molar-refractivity contribution in [2.24, 2.45) is 5.92 Å². The Kier molecular flexibility index (Phi) is 7.22.